The number of benzene rings is 2. The summed E-state index contributed by atoms with van der Waals surface area (Å²) < 4.78 is 16.1. The van der Waals surface area contributed by atoms with E-state index < -0.39 is 18.0 Å². The first-order valence-electron chi connectivity index (χ1n) is 10.4. The van der Waals surface area contributed by atoms with Crippen molar-refractivity contribution in [1.82, 2.24) is 0 Å². The molecule has 3 rings (SSSR count). The molecule has 7 heteroatoms. The van der Waals surface area contributed by atoms with Crippen molar-refractivity contribution in [1.29, 1.82) is 0 Å². The molecule has 0 aromatic heterocycles. The van der Waals surface area contributed by atoms with Crippen molar-refractivity contribution >= 4 is 29.3 Å². The number of nitrogens with zero attached hydrogens (tertiary/aromatic N) is 1. The van der Waals surface area contributed by atoms with Gasteiger partial charge in [0.25, 0.3) is 5.91 Å². The van der Waals surface area contributed by atoms with Crippen molar-refractivity contribution in [2.45, 2.75) is 20.0 Å². The van der Waals surface area contributed by atoms with E-state index in [0.29, 0.717) is 31.3 Å². The molecule has 1 aliphatic rings. The molecule has 1 fully saturated rings. The lowest BCUT2D eigenvalue weighted by Crippen LogP contribution is -2.36. The average molecular weight is 424 g/mol. The number of para-hydroxylation sites is 1. The minimum Gasteiger partial charge on any atom is -0.493 e. The summed E-state index contributed by atoms with van der Waals surface area (Å²) in [4.78, 5) is 26.7. The van der Waals surface area contributed by atoms with Gasteiger partial charge in [0.15, 0.2) is 6.10 Å². The largest absolute Gasteiger partial charge is 0.493 e. The van der Waals surface area contributed by atoms with Crippen molar-refractivity contribution in [2.75, 3.05) is 43.1 Å². The standard InChI is InChI=1S/C24H28N2O5/c1-3-30-22-7-5-4-6-19(22)8-13-23(27)31-18(2)24(28)25-20-9-11-21(12-10-20)26-14-16-29-17-15-26/h4-13,18H,3,14-17H2,1-2H3,(H,25,28)/b13-8+/t18-/m1/s1. The van der Waals surface area contributed by atoms with Crippen LogP contribution in [0, 0.1) is 0 Å². The lowest BCUT2D eigenvalue weighted by Gasteiger charge is -2.28. The van der Waals surface area contributed by atoms with E-state index in [1.54, 1.807) is 6.08 Å². The maximum absolute atomic E-state index is 12.4. The minimum absolute atomic E-state index is 0.393. The van der Waals surface area contributed by atoms with Crippen LogP contribution in [0.25, 0.3) is 6.08 Å². The Hall–Kier alpha value is -3.32. The van der Waals surface area contributed by atoms with Gasteiger partial charge in [-0.05, 0) is 50.3 Å². The average Bonchev–Trinajstić information content (AvgIpc) is 2.80. The minimum atomic E-state index is -0.932. The highest BCUT2D eigenvalue weighted by molar-refractivity contribution is 5.96. The number of amides is 1. The van der Waals surface area contributed by atoms with E-state index >= 15 is 0 Å². The van der Waals surface area contributed by atoms with Crippen molar-refractivity contribution in [3.05, 3.63) is 60.2 Å². The summed E-state index contributed by atoms with van der Waals surface area (Å²) in [6, 6.07) is 15.0. The van der Waals surface area contributed by atoms with Gasteiger partial charge in [-0.2, -0.15) is 0 Å². The van der Waals surface area contributed by atoms with Crippen molar-refractivity contribution in [3.63, 3.8) is 0 Å². The number of morpholine rings is 1. The number of rotatable bonds is 8. The Morgan fingerprint density at radius 2 is 1.84 bits per heavy atom. The molecule has 0 saturated carbocycles. The molecule has 0 spiro atoms. The molecule has 0 aliphatic carbocycles. The Kier molecular flexibility index (Phi) is 8.06. The van der Waals surface area contributed by atoms with Crippen molar-refractivity contribution in [3.8, 4) is 5.75 Å². The van der Waals surface area contributed by atoms with Crippen LogP contribution >= 0.6 is 0 Å². The highest BCUT2D eigenvalue weighted by Crippen LogP contribution is 2.20. The fraction of sp³-hybridized carbons (Fsp3) is 0.333. The summed E-state index contributed by atoms with van der Waals surface area (Å²) in [7, 11) is 0. The molecule has 164 valence electrons. The molecule has 1 amide bonds. The quantitative estimate of drug-likeness (QED) is 0.516. The van der Waals surface area contributed by atoms with Crippen molar-refractivity contribution in [2.24, 2.45) is 0 Å². The van der Waals surface area contributed by atoms with E-state index in [2.05, 4.69) is 10.2 Å². The smallest absolute Gasteiger partial charge is 0.331 e. The highest BCUT2D eigenvalue weighted by Gasteiger charge is 2.17. The molecule has 1 aliphatic heterocycles. The number of carbonyl (C=O) groups is 2. The third kappa shape index (κ3) is 6.58. The first kappa shape index (κ1) is 22.4. The van der Waals surface area contributed by atoms with Crippen LogP contribution in [0.3, 0.4) is 0 Å². The van der Waals surface area contributed by atoms with Crippen LogP contribution in [0.2, 0.25) is 0 Å². The van der Waals surface area contributed by atoms with Crippen LogP contribution in [0.15, 0.2) is 54.6 Å². The van der Waals surface area contributed by atoms with Crippen LogP contribution in [0.5, 0.6) is 5.75 Å². The molecule has 2 aromatic rings. The number of anilines is 2. The maximum Gasteiger partial charge on any atom is 0.331 e. The van der Waals surface area contributed by atoms with Gasteiger partial charge in [0.1, 0.15) is 5.75 Å². The Morgan fingerprint density at radius 1 is 1.13 bits per heavy atom. The normalized spacial score (nSPS) is 14.8. The molecular weight excluding hydrogens is 396 g/mol. The third-order valence-electron chi connectivity index (χ3n) is 4.79. The zero-order valence-corrected chi connectivity index (χ0v) is 17.9. The van der Waals surface area contributed by atoms with E-state index in [0.717, 1.165) is 24.3 Å². The Balaban J connectivity index is 1.51. The number of carbonyl (C=O) groups excluding carboxylic acids is 2. The fourth-order valence-corrected chi connectivity index (χ4v) is 3.15. The second-order valence-electron chi connectivity index (χ2n) is 7.02. The number of ether oxygens (including phenoxy) is 3. The van der Waals surface area contributed by atoms with Gasteiger partial charge in [0, 0.05) is 36.1 Å². The number of hydrogen-bond acceptors (Lipinski definition) is 6. The predicted molar refractivity (Wildman–Crippen MR) is 120 cm³/mol. The maximum atomic E-state index is 12.4. The van der Waals surface area contributed by atoms with Gasteiger partial charge in [0.05, 0.1) is 19.8 Å². The van der Waals surface area contributed by atoms with Gasteiger partial charge in [0.2, 0.25) is 0 Å². The van der Waals surface area contributed by atoms with Gasteiger partial charge in [-0.3, -0.25) is 4.79 Å². The molecule has 2 aromatic carbocycles. The summed E-state index contributed by atoms with van der Waals surface area (Å²) in [5, 5.41) is 2.77. The second kappa shape index (κ2) is 11.2. The van der Waals surface area contributed by atoms with Gasteiger partial charge < -0.3 is 24.4 Å². The monoisotopic (exact) mass is 424 g/mol. The first-order chi connectivity index (χ1) is 15.1. The molecule has 0 radical (unpaired) electrons. The summed E-state index contributed by atoms with van der Waals surface area (Å²) in [6.45, 7) is 7.09. The molecule has 1 N–H and O–H groups in total. The summed E-state index contributed by atoms with van der Waals surface area (Å²) in [5.74, 6) is -0.312. The first-order valence-corrected chi connectivity index (χ1v) is 10.4. The fourth-order valence-electron chi connectivity index (χ4n) is 3.15. The Labute approximate surface area is 182 Å². The predicted octanol–water partition coefficient (Wildman–Crippen LogP) is 3.51. The van der Waals surface area contributed by atoms with E-state index in [-0.39, 0.29) is 0 Å². The molecule has 1 heterocycles. The molecule has 0 unspecified atom stereocenters. The van der Waals surface area contributed by atoms with Crippen LogP contribution in [0.4, 0.5) is 11.4 Å². The van der Waals surface area contributed by atoms with Crippen LogP contribution < -0.4 is 15.0 Å². The zero-order chi connectivity index (χ0) is 22.1. The third-order valence-corrected chi connectivity index (χ3v) is 4.79. The van der Waals surface area contributed by atoms with Crippen LogP contribution in [-0.4, -0.2) is 50.9 Å². The number of nitrogens with one attached hydrogen (secondary N) is 1. The van der Waals surface area contributed by atoms with E-state index in [4.69, 9.17) is 14.2 Å². The summed E-state index contributed by atoms with van der Waals surface area (Å²) in [5.41, 5.74) is 2.49. The van der Waals surface area contributed by atoms with Gasteiger partial charge in [-0.1, -0.05) is 18.2 Å². The Morgan fingerprint density at radius 3 is 2.55 bits per heavy atom. The van der Waals surface area contributed by atoms with E-state index in [1.807, 2.05) is 55.5 Å². The highest BCUT2D eigenvalue weighted by atomic mass is 16.5. The van der Waals surface area contributed by atoms with Crippen molar-refractivity contribution < 1.29 is 23.8 Å². The molecule has 31 heavy (non-hydrogen) atoms. The summed E-state index contributed by atoms with van der Waals surface area (Å²) in [6.07, 6.45) is 1.97. The van der Waals surface area contributed by atoms with Crippen LogP contribution in [-0.2, 0) is 19.1 Å². The van der Waals surface area contributed by atoms with Gasteiger partial charge in [-0.15, -0.1) is 0 Å². The Bertz CT molecular complexity index is 904. The van der Waals surface area contributed by atoms with Gasteiger partial charge >= 0.3 is 5.97 Å². The number of esters is 1. The van der Waals surface area contributed by atoms with E-state index in [9.17, 15) is 9.59 Å². The molecule has 1 atom stereocenters. The molecule has 1 saturated heterocycles. The van der Waals surface area contributed by atoms with Gasteiger partial charge in [-0.25, -0.2) is 4.79 Å². The lowest BCUT2D eigenvalue weighted by atomic mass is 10.2. The zero-order valence-electron chi connectivity index (χ0n) is 17.9. The molecular formula is C24H28N2O5. The van der Waals surface area contributed by atoms with E-state index in [1.165, 1.54) is 13.0 Å². The topological polar surface area (TPSA) is 77.1 Å². The molecule has 0 bridgehead atoms. The lowest BCUT2D eigenvalue weighted by molar-refractivity contribution is -0.148. The SMILES string of the molecule is CCOc1ccccc1/C=C/C(=O)O[C@H](C)C(=O)Nc1ccc(N2CCOCC2)cc1. The molecule has 7 nitrogen and oxygen atoms in total. The second-order valence-corrected chi connectivity index (χ2v) is 7.02. The summed E-state index contributed by atoms with van der Waals surface area (Å²) >= 11 is 0. The number of hydrogen-bond donors (Lipinski definition) is 1. The van der Waals surface area contributed by atoms with Crippen LogP contribution in [0.1, 0.15) is 19.4 Å².